The maximum atomic E-state index is 13.0. The monoisotopic (exact) mass is 390 g/mol. The van der Waals surface area contributed by atoms with Gasteiger partial charge >= 0.3 is 0 Å². The number of carbonyl (C=O) groups excluding carboxylic acids is 1. The minimum Gasteiger partial charge on any atom is -0.490 e. The number of rotatable bonds is 6. The van der Waals surface area contributed by atoms with Gasteiger partial charge in [-0.1, -0.05) is 30.4 Å². The lowest BCUT2D eigenvalue weighted by Crippen LogP contribution is -2.36. The summed E-state index contributed by atoms with van der Waals surface area (Å²) in [7, 11) is 0. The summed E-state index contributed by atoms with van der Waals surface area (Å²) in [4.78, 5) is 13.0. The number of ether oxygens (including phenoxy) is 4. The van der Waals surface area contributed by atoms with Crippen molar-refractivity contribution in [3.8, 4) is 11.5 Å². The van der Waals surface area contributed by atoms with Crippen molar-refractivity contribution in [3.63, 3.8) is 0 Å². The fourth-order valence-corrected chi connectivity index (χ4v) is 4.46. The van der Waals surface area contributed by atoms with Crippen molar-refractivity contribution in [1.82, 2.24) is 0 Å². The molecule has 29 heavy (non-hydrogen) atoms. The molecule has 2 unspecified atom stereocenters. The largest absolute Gasteiger partial charge is 0.490 e. The summed E-state index contributed by atoms with van der Waals surface area (Å²) in [5, 5.41) is 2.31. The molecule has 0 aromatic heterocycles. The molecule has 1 spiro atoms. The number of hydrogen-bond acceptors (Lipinski definition) is 5. The second-order valence-corrected chi connectivity index (χ2v) is 8.31. The number of hydrogen-bond donors (Lipinski definition) is 0. The van der Waals surface area contributed by atoms with Crippen LogP contribution in [0, 0.1) is 5.41 Å². The van der Waals surface area contributed by atoms with Crippen LogP contribution in [0.15, 0.2) is 48.6 Å². The quantitative estimate of drug-likeness (QED) is 0.709. The minimum absolute atomic E-state index is 0.138. The molecule has 5 nitrogen and oxygen atoms in total. The van der Waals surface area contributed by atoms with Crippen molar-refractivity contribution in [3.05, 3.63) is 59.7 Å². The van der Waals surface area contributed by atoms with Gasteiger partial charge in [0, 0.05) is 11.1 Å². The molecule has 2 aliphatic carbocycles. The van der Waals surface area contributed by atoms with Crippen molar-refractivity contribution in [2.24, 2.45) is 5.41 Å². The highest BCUT2D eigenvalue weighted by atomic mass is 16.6. The average Bonchev–Trinajstić information content (AvgIpc) is 3.64. The van der Waals surface area contributed by atoms with E-state index < -0.39 is 5.41 Å². The van der Waals surface area contributed by atoms with Crippen molar-refractivity contribution in [1.29, 1.82) is 0 Å². The standard InChI is InChI=1S/C24H22O5/c25-22-3-1-2-8-24(22)9-18-20(28-13-16-11-26-16)6-4-15-5-7-21(19(10-24)23(15)18)29-14-17-12-27-17/h1-8,16-17H,9-14H2. The number of allylic oxidation sites excluding steroid dienone is 4. The first kappa shape index (κ1) is 17.2. The Kier molecular flexibility index (Phi) is 3.83. The number of carbonyl (C=O) groups is 1. The van der Waals surface area contributed by atoms with E-state index >= 15 is 0 Å². The van der Waals surface area contributed by atoms with E-state index in [9.17, 15) is 4.79 Å². The second kappa shape index (κ2) is 6.44. The van der Waals surface area contributed by atoms with Crippen molar-refractivity contribution in [2.75, 3.05) is 26.4 Å². The lowest BCUT2D eigenvalue weighted by atomic mass is 9.66. The van der Waals surface area contributed by atoms with Crippen LogP contribution in [-0.4, -0.2) is 44.4 Å². The summed E-state index contributed by atoms with van der Waals surface area (Å²) in [5.74, 6) is 1.82. The van der Waals surface area contributed by atoms with Gasteiger partial charge in [0.1, 0.15) is 36.9 Å². The van der Waals surface area contributed by atoms with Crippen LogP contribution < -0.4 is 9.47 Å². The molecule has 2 saturated heterocycles. The fraction of sp³-hybridized carbons (Fsp3) is 0.375. The highest BCUT2D eigenvalue weighted by Crippen LogP contribution is 2.48. The third-order valence-electron chi connectivity index (χ3n) is 6.22. The van der Waals surface area contributed by atoms with E-state index in [0.717, 1.165) is 46.6 Å². The van der Waals surface area contributed by atoms with Crippen LogP contribution in [-0.2, 0) is 27.1 Å². The molecule has 148 valence electrons. The molecule has 2 fully saturated rings. The van der Waals surface area contributed by atoms with Gasteiger partial charge in [-0.05, 0) is 41.8 Å². The fourth-order valence-electron chi connectivity index (χ4n) is 4.46. The summed E-state index contributed by atoms with van der Waals surface area (Å²) in [6, 6.07) is 8.23. The number of ketones is 1. The van der Waals surface area contributed by atoms with Crippen LogP contribution in [0.1, 0.15) is 11.1 Å². The summed E-state index contributed by atoms with van der Waals surface area (Å²) in [6.07, 6.45) is 9.16. The van der Waals surface area contributed by atoms with Crippen LogP contribution in [0.5, 0.6) is 11.5 Å². The molecule has 0 saturated carbocycles. The Hall–Kier alpha value is -2.63. The summed E-state index contributed by atoms with van der Waals surface area (Å²) in [5.41, 5.74) is 1.59. The smallest absolute Gasteiger partial charge is 0.166 e. The first-order valence-corrected chi connectivity index (χ1v) is 10.2. The van der Waals surface area contributed by atoms with E-state index in [1.54, 1.807) is 6.08 Å². The zero-order valence-electron chi connectivity index (χ0n) is 16.1. The molecule has 0 bridgehead atoms. The van der Waals surface area contributed by atoms with Gasteiger partial charge in [-0.3, -0.25) is 4.79 Å². The highest BCUT2D eigenvalue weighted by Gasteiger charge is 2.42. The molecular weight excluding hydrogens is 368 g/mol. The Morgan fingerprint density at radius 1 is 0.897 bits per heavy atom. The highest BCUT2D eigenvalue weighted by molar-refractivity contribution is 6.02. The Balaban J connectivity index is 1.48. The SMILES string of the molecule is O=C1C=CC=CC12Cc1c(OCC3CO3)ccc3ccc(OCC4CO4)c(c13)C2. The van der Waals surface area contributed by atoms with E-state index in [4.69, 9.17) is 18.9 Å². The third kappa shape index (κ3) is 3.05. The van der Waals surface area contributed by atoms with Crippen molar-refractivity contribution >= 4 is 16.6 Å². The van der Waals surface area contributed by atoms with Crippen LogP contribution >= 0.6 is 0 Å². The molecule has 0 radical (unpaired) electrons. The van der Waals surface area contributed by atoms with Crippen LogP contribution in [0.2, 0.25) is 0 Å². The van der Waals surface area contributed by atoms with E-state index in [2.05, 4.69) is 12.1 Å². The zero-order chi connectivity index (χ0) is 19.4. The minimum atomic E-state index is -0.584. The van der Waals surface area contributed by atoms with Crippen LogP contribution in [0.25, 0.3) is 10.8 Å². The maximum Gasteiger partial charge on any atom is 0.166 e. The molecule has 2 aliphatic heterocycles. The van der Waals surface area contributed by atoms with Gasteiger partial charge in [-0.2, -0.15) is 0 Å². The molecular formula is C24H22O5. The van der Waals surface area contributed by atoms with Gasteiger partial charge in [0.05, 0.1) is 18.6 Å². The summed E-state index contributed by atoms with van der Waals surface area (Å²) >= 11 is 0. The zero-order valence-corrected chi connectivity index (χ0v) is 16.1. The second-order valence-electron chi connectivity index (χ2n) is 8.31. The van der Waals surface area contributed by atoms with Gasteiger partial charge in [0.2, 0.25) is 0 Å². The van der Waals surface area contributed by atoms with Gasteiger partial charge in [-0.25, -0.2) is 0 Å². The first-order chi connectivity index (χ1) is 14.2. The predicted octanol–water partition coefficient (Wildman–Crippen LogP) is 3.18. The normalized spacial score (nSPS) is 28.8. The lowest BCUT2D eigenvalue weighted by molar-refractivity contribution is -0.121. The van der Waals surface area contributed by atoms with E-state index in [1.165, 1.54) is 0 Å². The molecule has 6 rings (SSSR count). The van der Waals surface area contributed by atoms with E-state index in [0.29, 0.717) is 26.1 Å². The molecule has 2 aromatic carbocycles. The van der Waals surface area contributed by atoms with Gasteiger partial charge in [0.15, 0.2) is 5.78 Å². The lowest BCUT2D eigenvalue weighted by Gasteiger charge is -2.36. The molecule has 4 aliphatic rings. The molecule has 2 atom stereocenters. The first-order valence-electron chi connectivity index (χ1n) is 10.2. The summed E-state index contributed by atoms with van der Waals surface area (Å²) < 4.78 is 22.9. The average molecular weight is 390 g/mol. The van der Waals surface area contributed by atoms with Gasteiger partial charge < -0.3 is 18.9 Å². The molecule has 0 amide bonds. The Morgan fingerprint density at radius 2 is 1.48 bits per heavy atom. The molecule has 5 heteroatoms. The van der Waals surface area contributed by atoms with Crippen LogP contribution in [0.3, 0.4) is 0 Å². The van der Waals surface area contributed by atoms with Gasteiger partial charge in [-0.15, -0.1) is 0 Å². The van der Waals surface area contributed by atoms with E-state index in [1.807, 2.05) is 30.4 Å². The predicted molar refractivity (Wildman–Crippen MR) is 108 cm³/mol. The van der Waals surface area contributed by atoms with E-state index in [-0.39, 0.29) is 18.0 Å². The van der Waals surface area contributed by atoms with Crippen molar-refractivity contribution in [2.45, 2.75) is 25.0 Å². The molecule has 0 N–H and O–H groups in total. The Morgan fingerprint density at radius 3 is 2.00 bits per heavy atom. The molecule has 2 aromatic rings. The maximum absolute atomic E-state index is 13.0. The number of epoxide rings is 2. The Bertz CT molecular complexity index is 998. The van der Waals surface area contributed by atoms with Crippen molar-refractivity contribution < 1.29 is 23.7 Å². The summed E-state index contributed by atoms with van der Waals surface area (Å²) in [6.45, 7) is 2.59. The third-order valence-corrected chi connectivity index (χ3v) is 6.22. The van der Waals surface area contributed by atoms with Crippen LogP contribution in [0.4, 0.5) is 0 Å². The number of benzene rings is 2. The van der Waals surface area contributed by atoms with Gasteiger partial charge in [0.25, 0.3) is 0 Å². The topological polar surface area (TPSA) is 60.6 Å². The Labute approximate surface area is 168 Å². The molecule has 2 heterocycles.